The zero-order valence-corrected chi connectivity index (χ0v) is 19.0. The Morgan fingerprint density at radius 1 is 1.10 bits per heavy atom. The molecule has 1 N–H and O–H groups in total. The third-order valence-corrected chi connectivity index (χ3v) is 5.42. The van der Waals surface area contributed by atoms with Gasteiger partial charge in [0.1, 0.15) is 11.8 Å². The number of rotatable bonds is 9. The van der Waals surface area contributed by atoms with Gasteiger partial charge in [-0.3, -0.25) is 9.59 Å². The lowest BCUT2D eigenvalue weighted by molar-refractivity contribution is -0.140. The Labute approximate surface area is 181 Å². The Balaban J connectivity index is 2.21. The first kappa shape index (κ1) is 22.9. The molecule has 0 aliphatic rings. The molecule has 0 aliphatic heterocycles. The van der Waals surface area contributed by atoms with E-state index in [4.69, 9.17) is 4.74 Å². The molecule has 0 aromatic heterocycles. The predicted octanol–water partition coefficient (Wildman–Crippen LogP) is 4.33. The van der Waals surface area contributed by atoms with Gasteiger partial charge in [0, 0.05) is 17.1 Å². The van der Waals surface area contributed by atoms with E-state index in [1.807, 2.05) is 62.4 Å². The highest BCUT2D eigenvalue weighted by Gasteiger charge is 2.26. The molecule has 2 aromatic rings. The van der Waals surface area contributed by atoms with Crippen LogP contribution in [0.3, 0.4) is 0 Å². The van der Waals surface area contributed by atoms with Crippen molar-refractivity contribution in [1.82, 2.24) is 10.2 Å². The van der Waals surface area contributed by atoms with Gasteiger partial charge in [0.15, 0.2) is 0 Å². The van der Waals surface area contributed by atoms with Crippen LogP contribution in [0.2, 0.25) is 0 Å². The lowest BCUT2D eigenvalue weighted by Crippen LogP contribution is -2.49. The molecular formula is C23H29BrN2O3. The summed E-state index contributed by atoms with van der Waals surface area (Å²) < 4.78 is 6.12. The minimum absolute atomic E-state index is 0.0642. The van der Waals surface area contributed by atoms with Crippen molar-refractivity contribution in [1.29, 1.82) is 0 Å². The largest absolute Gasteiger partial charge is 0.497 e. The molecule has 0 heterocycles. The van der Waals surface area contributed by atoms with Crippen molar-refractivity contribution >= 4 is 27.7 Å². The van der Waals surface area contributed by atoms with Gasteiger partial charge in [-0.15, -0.1) is 0 Å². The van der Waals surface area contributed by atoms with Crippen molar-refractivity contribution in [3.05, 3.63) is 64.1 Å². The number of nitrogens with zero attached hydrogens (tertiary/aromatic N) is 1. The number of amides is 2. The summed E-state index contributed by atoms with van der Waals surface area (Å²) in [6, 6.07) is 14.7. The van der Waals surface area contributed by atoms with E-state index in [0.29, 0.717) is 6.54 Å². The quantitative estimate of drug-likeness (QED) is 0.605. The maximum Gasteiger partial charge on any atom is 0.242 e. The fourth-order valence-corrected chi connectivity index (χ4v) is 3.35. The molecule has 5 nitrogen and oxygen atoms in total. The number of hydrogen-bond donors (Lipinski definition) is 1. The van der Waals surface area contributed by atoms with E-state index in [-0.39, 0.29) is 24.3 Å². The van der Waals surface area contributed by atoms with E-state index in [2.05, 4.69) is 21.2 Å². The van der Waals surface area contributed by atoms with E-state index in [9.17, 15) is 9.59 Å². The van der Waals surface area contributed by atoms with Crippen molar-refractivity contribution in [2.24, 2.45) is 0 Å². The van der Waals surface area contributed by atoms with E-state index < -0.39 is 6.04 Å². The van der Waals surface area contributed by atoms with Crippen molar-refractivity contribution in [2.45, 2.75) is 52.2 Å². The normalized spacial score (nSPS) is 12.7. The van der Waals surface area contributed by atoms with E-state index in [1.54, 1.807) is 18.9 Å². The second kappa shape index (κ2) is 11.0. The average Bonchev–Trinajstić information content (AvgIpc) is 2.71. The second-order valence-electron chi connectivity index (χ2n) is 7.17. The first-order valence-electron chi connectivity index (χ1n) is 9.81. The summed E-state index contributed by atoms with van der Waals surface area (Å²) in [6.45, 7) is 6.12. The minimum Gasteiger partial charge on any atom is -0.497 e. The number of carbonyl (C=O) groups excluding carboxylic acids is 2. The topological polar surface area (TPSA) is 58.6 Å². The highest BCUT2D eigenvalue weighted by atomic mass is 79.9. The molecular weight excluding hydrogens is 432 g/mol. The van der Waals surface area contributed by atoms with Crippen LogP contribution in [0, 0.1) is 0 Å². The van der Waals surface area contributed by atoms with Crippen LogP contribution >= 0.6 is 15.9 Å². The minimum atomic E-state index is -0.575. The van der Waals surface area contributed by atoms with Crippen molar-refractivity contribution in [3.63, 3.8) is 0 Å². The monoisotopic (exact) mass is 460 g/mol. The number of hydrogen-bond acceptors (Lipinski definition) is 3. The van der Waals surface area contributed by atoms with Crippen LogP contribution in [0.4, 0.5) is 0 Å². The molecule has 29 heavy (non-hydrogen) atoms. The fraction of sp³-hybridized carbons (Fsp3) is 0.391. The summed E-state index contributed by atoms with van der Waals surface area (Å²) in [5, 5.41) is 2.98. The predicted molar refractivity (Wildman–Crippen MR) is 119 cm³/mol. The van der Waals surface area contributed by atoms with Gasteiger partial charge in [-0.2, -0.15) is 0 Å². The SMILES string of the molecule is CC[C@@H](C)NC(=O)[C@H](C)N(Cc1cccc(Br)c1)C(=O)Cc1ccc(OC)cc1. The Morgan fingerprint density at radius 3 is 2.38 bits per heavy atom. The highest BCUT2D eigenvalue weighted by molar-refractivity contribution is 9.10. The second-order valence-corrected chi connectivity index (χ2v) is 8.09. The van der Waals surface area contributed by atoms with Crippen LogP contribution in [0.1, 0.15) is 38.3 Å². The molecule has 2 rings (SSSR count). The maximum absolute atomic E-state index is 13.2. The van der Waals surface area contributed by atoms with Crippen LogP contribution in [-0.4, -0.2) is 35.9 Å². The van der Waals surface area contributed by atoms with Gasteiger partial charge >= 0.3 is 0 Å². The Hall–Kier alpha value is -2.34. The summed E-state index contributed by atoms with van der Waals surface area (Å²) >= 11 is 3.47. The van der Waals surface area contributed by atoms with Crippen LogP contribution in [-0.2, 0) is 22.6 Å². The molecule has 0 spiro atoms. The standard InChI is InChI=1S/C23H29BrN2O3/c1-5-16(2)25-23(28)17(3)26(15-19-7-6-8-20(24)13-19)22(27)14-18-9-11-21(29-4)12-10-18/h6-13,16-17H,5,14-15H2,1-4H3,(H,25,28)/t16-,17+/m1/s1. The van der Waals surface area contributed by atoms with E-state index in [0.717, 1.165) is 27.8 Å². The van der Waals surface area contributed by atoms with Gasteiger partial charge in [-0.05, 0) is 55.7 Å². The van der Waals surface area contributed by atoms with E-state index >= 15 is 0 Å². The number of nitrogens with one attached hydrogen (secondary N) is 1. The number of halogens is 1. The van der Waals surface area contributed by atoms with Gasteiger partial charge in [0.05, 0.1) is 13.5 Å². The summed E-state index contributed by atoms with van der Waals surface area (Å²) in [7, 11) is 1.61. The van der Waals surface area contributed by atoms with E-state index in [1.165, 1.54) is 0 Å². The first-order valence-corrected chi connectivity index (χ1v) is 10.6. The molecule has 0 unspecified atom stereocenters. The smallest absolute Gasteiger partial charge is 0.242 e. The Bertz CT molecular complexity index is 823. The van der Waals surface area contributed by atoms with Crippen LogP contribution < -0.4 is 10.1 Å². The van der Waals surface area contributed by atoms with Crippen molar-refractivity contribution in [2.75, 3.05) is 7.11 Å². The lowest BCUT2D eigenvalue weighted by atomic mass is 10.1. The summed E-state index contributed by atoms with van der Waals surface area (Å²) in [5.41, 5.74) is 1.84. The number of carbonyl (C=O) groups is 2. The lowest BCUT2D eigenvalue weighted by Gasteiger charge is -2.30. The molecule has 6 heteroatoms. The third kappa shape index (κ3) is 6.89. The van der Waals surface area contributed by atoms with Crippen molar-refractivity contribution < 1.29 is 14.3 Å². The number of ether oxygens (including phenoxy) is 1. The van der Waals surface area contributed by atoms with Crippen LogP contribution in [0.5, 0.6) is 5.75 Å². The molecule has 2 atom stereocenters. The van der Waals surface area contributed by atoms with Gasteiger partial charge in [0.25, 0.3) is 0 Å². The molecule has 2 aromatic carbocycles. The summed E-state index contributed by atoms with van der Waals surface area (Å²) in [5.74, 6) is 0.507. The molecule has 2 amide bonds. The molecule has 156 valence electrons. The summed E-state index contributed by atoms with van der Waals surface area (Å²) in [4.78, 5) is 27.5. The fourth-order valence-electron chi connectivity index (χ4n) is 2.90. The van der Waals surface area contributed by atoms with Crippen molar-refractivity contribution in [3.8, 4) is 5.75 Å². The molecule has 0 saturated carbocycles. The first-order chi connectivity index (χ1) is 13.8. The third-order valence-electron chi connectivity index (χ3n) is 4.92. The molecule has 0 bridgehead atoms. The molecule has 0 fully saturated rings. The molecule has 0 radical (unpaired) electrons. The van der Waals surface area contributed by atoms with Gasteiger partial charge in [-0.25, -0.2) is 0 Å². The number of methoxy groups -OCH3 is 1. The maximum atomic E-state index is 13.2. The zero-order chi connectivity index (χ0) is 21.4. The molecule has 0 saturated heterocycles. The molecule has 0 aliphatic carbocycles. The Kier molecular flexibility index (Phi) is 8.70. The van der Waals surface area contributed by atoms with Gasteiger partial charge in [-0.1, -0.05) is 47.1 Å². The van der Waals surface area contributed by atoms with Crippen LogP contribution in [0.25, 0.3) is 0 Å². The average molecular weight is 461 g/mol. The van der Waals surface area contributed by atoms with Crippen LogP contribution in [0.15, 0.2) is 53.0 Å². The van der Waals surface area contributed by atoms with Gasteiger partial charge in [0.2, 0.25) is 11.8 Å². The summed E-state index contributed by atoms with van der Waals surface area (Å²) in [6.07, 6.45) is 1.06. The highest BCUT2D eigenvalue weighted by Crippen LogP contribution is 2.18. The number of benzene rings is 2. The Morgan fingerprint density at radius 2 is 1.79 bits per heavy atom. The zero-order valence-electron chi connectivity index (χ0n) is 17.4. The van der Waals surface area contributed by atoms with Gasteiger partial charge < -0.3 is 15.0 Å².